The molecule has 0 fully saturated rings. The molecule has 1 amide bonds. The summed E-state index contributed by atoms with van der Waals surface area (Å²) in [5.74, 6) is -2.60. The number of hydrogen-bond donors (Lipinski definition) is 1. The molecule has 0 aliphatic rings. The molecule has 4 nitrogen and oxygen atoms in total. The summed E-state index contributed by atoms with van der Waals surface area (Å²) in [6, 6.07) is 13.3. The Morgan fingerprint density at radius 3 is 2.55 bits per heavy atom. The fourth-order valence-corrected chi connectivity index (χ4v) is 1.81. The first-order chi connectivity index (χ1) is 10.6. The van der Waals surface area contributed by atoms with Gasteiger partial charge in [0.05, 0.1) is 6.07 Å². The second-order valence-corrected chi connectivity index (χ2v) is 4.36. The summed E-state index contributed by atoms with van der Waals surface area (Å²) in [7, 11) is 0. The number of nitrogens with zero attached hydrogens (tertiary/aromatic N) is 1. The van der Waals surface area contributed by atoms with Crippen LogP contribution in [0.25, 0.3) is 0 Å². The highest BCUT2D eigenvalue weighted by Gasteiger charge is 2.22. The molecule has 0 saturated carbocycles. The number of ether oxygens (including phenoxy) is 1. The van der Waals surface area contributed by atoms with Gasteiger partial charge < -0.3 is 10.1 Å². The Kier molecular flexibility index (Phi) is 5.04. The highest BCUT2D eigenvalue weighted by Crippen LogP contribution is 2.23. The lowest BCUT2D eigenvalue weighted by molar-refractivity contribution is -0.128. The molecule has 0 unspecified atom stereocenters. The molecule has 1 atom stereocenters. The number of hydrogen-bond acceptors (Lipinski definition) is 3. The van der Waals surface area contributed by atoms with E-state index in [2.05, 4.69) is 5.32 Å². The molecule has 0 bridgehead atoms. The van der Waals surface area contributed by atoms with Gasteiger partial charge in [-0.05, 0) is 12.1 Å². The van der Waals surface area contributed by atoms with Crippen molar-refractivity contribution < 1.29 is 18.3 Å². The molecule has 2 rings (SSSR count). The lowest BCUT2D eigenvalue weighted by Crippen LogP contribution is -2.32. The predicted octanol–water partition coefficient (Wildman–Crippen LogP) is 2.72. The molecule has 0 spiro atoms. The summed E-state index contributed by atoms with van der Waals surface area (Å²) in [6.45, 7) is -0.177. The highest BCUT2D eigenvalue weighted by atomic mass is 19.2. The largest absolute Gasteiger partial charge is 0.476 e. The molecule has 0 aliphatic carbocycles. The molecule has 0 heterocycles. The van der Waals surface area contributed by atoms with Gasteiger partial charge in [-0.25, -0.2) is 8.78 Å². The number of amides is 1. The van der Waals surface area contributed by atoms with E-state index >= 15 is 0 Å². The molecular weight excluding hydrogens is 290 g/mol. The minimum atomic E-state index is -1.07. The Bertz CT molecular complexity index is 699. The van der Waals surface area contributed by atoms with Crippen molar-refractivity contribution in [1.29, 1.82) is 5.26 Å². The maximum absolute atomic E-state index is 13.2. The standard InChI is InChI=1S/C16H12F2N2O2/c17-13-7-6-12(10-14(13)18)22-15(16(21)20-9-8-19)11-4-2-1-3-5-11/h1-7,10,15H,9H2,(H,20,21)/t15-/m0/s1. The molecule has 0 radical (unpaired) electrons. The van der Waals surface area contributed by atoms with Crippen molar-refractivity contribution in [3.8, 4) is 11.8 Å². The van der Waals surface area contributed by atoms with E-state index in [-0.39, 0.29) is 12.3 Å². The van der Waals surface area contributed by atoms with Crippen LogP contribution in [0.4, 0.5) is 8.78 Å². The van der Waals surface area contributed by atoms with Gasteiger partial charge in [0.1, 0.15) is 12.3 Å². The molecule has 112 valence electrons. The molecule has 22 heavy (non-hydrogen) atoms. The maximum Gasteiger partial charge on any atom is 0.266 e. The SMILES string of the molecule is N#CCNC(=O)[C@@H](Oc1ccc(F)c(F)c1)c1ccccc1. The summed E-state index contributed by atoms with van der Waals surface area (Å²) in [5.41, 5.74) is 0.530. The van der Waals surface area contributed by atoms with Crippen molar-refractivity contribution in [2.45, 2.75) is 6.10 Å². The van der Waals surface area contributed by atoms with Crippen LogP contribution in [-0.4, -0.2) is 12.5 Å². The fourth-order valence-electron chi connectivity index (χ4n) is 1.81. The van der Waals surface area contributed by atoms with Gasteiger partial charge in [-0.2, -0.15) is 5.26 Å². The molecule has 2 aromatic rings. The Labute approximate surface area is 125 Å². The summed E-state index contributed by atoms with van der Waals surface area (Å²) in [6.07, 6.45) is -1.07. The van der Waals surface area contributed by atoms with Crippen LogP contribution in [0.2, 0.25) is 0 Å². The molecule has 6 heteroatoms. The third-order valence-electron chi connectivity index (χ3n) is 2.83. The topological polar surface area (TPSA) is 62.1 Å². The molecule has 2 aromatic carbocycles. The average Bonchev–Trinajstić information content (AvgIpc) is 2.54. The third-order valence-corrected chi connectivity index (χ3v) is 2.83. The summed E-state index contributed by atoms with van der Waals surface area (Å²) in [5, 5.41) is 10.9. The first-order valence-electron chi connectivity index (χ1n) is 6.43. The lowest BCUT2D eigenvalue weighted by atomic mass is 10.1. The van der Waals surface area contributed by atoms with Crippen LogP contribution in [-0.2, 0) is 4.79 Å². The number of carbonyl (C=O) groups is 1. The van der Waals surface area contributed by atoms with E-state index in [9.17, 15) is 13.6 Å². The smallest absolute Gasteiger partial charge is 0.266 e. The van der Waals surface area contributed by atoms with Gasteiger partial charge in [-0.1, -0.05) is 30.3 Å². The van der Waals surface area contributed by atoms with Crippen molar-refractivity contribution in [2.75, 3.05) is 6.54 Å². The van der Waals surface area contributed by atoms with Gasteiger partial charge in [0, 0.05) is 11.6 Å². The monoisotopic (exact) mass is 302 g/mol. The average molecular weight is 302 g/mol. The van der Waals surface area contributed by atoms with Crippen LogP contribution in [0.15, 0.2) is 48.5 Å². The number of benzene rings is 2. The van der Waals surface area contributed by atoms with E-state index in [0.29, 0.717) is 5.56 Å². The number of nitriles is 1. The second kappa shape index (κ2) is 7.18. The minimum Gasteiger partial charge on any atom is -0.476 e. The Balaban J connectivity index is 2.26. The van der Waals surface area contributed by atoms with Gasteiger partial charge in [0.25, 0.3) is 5.91 Å². The van der Waals surface area contributed by atoms with E-state index in [1.807, 2.05) is 0 Å². The number of rotatable bonds is 5. The van der Waals surface area contributed by atoms with Crippen LogP contribution < -0.4 is 10.1 Å². The van der Waals surface area contributed by atoms with Crippen molar-refractivity contribution >= 4 is 5.91 Å². The van der Waals surface area contributed by atoms with E-state index in [1.54, 1.807) is 36.4 Å². The Morgan fingerprint density at radius 1 is 1.18 bits per heavy atom. The van der Waals surface area contributed by atoms with Crippen molar-refractivity contribution in [1.82, 2.24) is 5.32 Å². The quantitative estimate of drug-likeness (QED) is 0.864. The van der Waals surface area contributed by atoms with Crippen molar-refractivity contribution in [2.24, 2.45) is 0 Å². The molecule has 1 N–H and O–H groups in total. The minimum absolute atomic E-state index is 0.0138. The molecule has 0 aromatic heterocycles. The molecular formula is C16H12F2N2O2. The first-order valence-corrected chi connectivity index (χ1v) is 6.43. The lowest BCUT2D eigenvalue weighted by Gasteiger charge is -2.18. The van der Waals surface area contributed by atoms with Crippen molar-refractivity contribution in [3.63, 3.8) is 0 Å². The number of halogens is 2. The second-order valence-electron chi connectivity index (χ2n) is 4.36. The van der Waals surface area contributed by atoms with Crippen molar-refractivity contribution in [3.05, 3.63) is 65.7 Å². The van der Waals surface area contributed by atoms with Crippen LogP contribution in [0.5, 0.6) is 5.75 Å². The normalized spacial score (nSPS) is 11.3. The van der Waals surface area contributed by atoms with Crippen LogP contribution in [0.3, 0.4) is 0 Å². The number of carbonyl (C=O) groups excluding carboxylic acids is 1. The highest BCUT2D eigenvalue weighted by molar-refractivity contribution is 5.82. The van der Waals surface area contributed by atoms with Crippen LogP contribution >= 0.6 is 0 Å². The Hall–Kier alpha value is -2.94. The molecule has 0 aliphatic heterocycles. The first kappa shape index (κ1) is 15.4. The zero-order valence-corrected chi connectivity index (χ0v) is 11.4. The number of nitrogens with one attached hydrogen (secondary N) is 1. The van der Waals surface area contributed by atoms with Crippen LogP contribution in [0.1, 0.15) is 11.7 Å². The maximum atomic E-state index is 13.2. The van der Waals surface area contributed by atoms with Crippen LogP contribution in [0, 0.1) is 23.0 Å². The molecule has 0 saturated heterocycles. The van der Waals surface area contributed by atoms with E-state index in [0.717, 1.165) is 12.1 Å². The zero-order chi connectivity index (χ0) is 15.9. The Morgan fingerprint density at radius 2 is 1.91 bits per heavy atom. The summed E-state index contributed by atoms with van der Waals surface area (Å²) in [4.78, 5) is 12.1. The van der Waals surface area contributed by atoms with E-state index < -0.39 is 23.6 Å². The fraction of sp³-hybridized carbons (Fsp3) is 0.125. The van der Waals surface area contributed by atoms with Gasteiger partial charge in [0.15, 0.2) is 11.6 Å². The van der Waals surface area contributed by atoms with Gasteiger partial charge >= 0.3 is 0 Å². The van der Waals surface area contributed by atoms with Gasteiger partial charge in [-0.3, -0.25) is 4.79 Å². The zero-order valence-electron chi connectivity index (χ0n) is 11.4. The van der Waals surface area contributed by atoms with Gasteiger partial charge in [0.2, 0.25) is 6.10 Å². The van der Waals surface area contributed by atoms with Gasteiger partial charge in [-0.15, -0.1) is 0 Å². The van der Waals surface area contributed by atoms with E-state index in [4.69, 9.17) is 10.00 Å². The predicted molar refractivity (Wildman–Crippen MR) is 74.8 cm³/mol. The summed E-state index contributed by atoms with van der Waals surface area (Å²) >= 11 is 0. The third kappa shape index (κ3) is 3.79. The van der Waals surface area contributed by atoms with E-state index in [1.165, 1.54) is 6.07 Å². The summed E-state index contributed by atoms with van der Waals surface area (Å²) < 4.78 is 31.6.